The molecule has 3 atom stereocenters. The molecule has 64 heavy (non-hydrogen) atoms. The molecule has 7 aromatic rings. The number of halogens is 1. The van der Waals surface area contributed by atoms with Crippen molar-refractivity contribution >= 4 is 62.7 Å². The lowest BCUT2D eigenvalue weighted by Crippen LogP contribution is -2.48. The van der Waals surface area contributed by atoms with Gasteiger partial charge in [-0.25, -0.2) is 0 Å². The minimum atomic E-state index is -1.25. The maximum atomic E-state index is 13.7. The summed E-state index contributed by atoms with van der Waals surface area (Å²) in [6, 6.07) is 15.9. The molecule has 2 aromatic carbocycles. The highest BCUT2D eigenvalue weighted by Crippen LogP contribution is 2.49. The zero-order valence-corrected chi connectivity index (χ0v) is 37.9. The van der Waals surface area contributed by atoms with Crippen LogP contribution in [0.25, 0.3) is 27.0 Å². The summed E-state index contributed by atoms with van der Waals surface area (Å²) in [5, 5.41) is 33.2. The third-order valence-electron chi connectivity index (χ3n) is 11.9. The largest absolute Gasteiger partial charge is 0.496 e. The van der Waals surface area contributed by atoms with Gasteiger partial charge < -0.3 is 34.8 Å². The number of aryl methyl sites for hydroxylation is 4. The molecule has 0 saturated heterocycles. The predicted octanol–water partition coefficient (Wildman–Crippen LogP) is 7.01. The molecule has 5 aromatic heterocycles. The number of aromatic nitrogens is 6. The summed E-state index contributed by atoms with van der Waals surface area (Å²) in [5.74, 6) is 1.86. The van der Waals surface area contributed by atoms with Gasteiger partial charge in [0.25, 0.3) is 0 Å². The molecule has 16 nitrogen and oxygen atoms in total. The van der Waals surface area contributed by atoms with Crippen LogP contribution in [0.15, 0.2) is 76.5 Å². The number of amides is 2. The number of benzene rings is 2. The summed E-state index contributed by atoms with van der Waals surface area (Å²) < 4.78 is 13.4. The Hall–Kier alpha value is -6.69. The van der Waals surface area contributed by atoms with E-state index in [9.17, 15) is 14.7 Å². The number of carbonyl (C=O) groups excluding carboxylic acids is 2. The van der Waals surface area contributed by atoms with E-state index >= 15 is 0 Å². The third kappa shape index (κ3) is 7.52. The molecule has 3 N–H and O–H groups in total. The Labute approximate surface area is 378 Å². The van der Waals surface area contributed by atoms with Gasteiger partial charge in [0.2, 0.25) is 18.2 Å². The van der Waals surface area contributed by atoms with Gasteiger partial charge >= 0.3 is 0 Å². The molecule has 18 heteroatoms. The lowest BCUT2D eigenvalue weighted by molar-refractivity contribution is -0.122. The van der Waals surface area contributed by atoms with Crippen molar-refractivity contribution in [2.45, 2.75) is 66.4 Å². The molecular formula is C46H46ClN11O5S. The van der Waals surface area contributed by atoms with Crippen molar-refractivity contribution in [3.8, 4) is 21.9 Å². The number of anilines is 2. The fourth-order valence-corrected chi connectivity index (χ4v) is 9.96. The number of nitrogens with one attached hydrogen (secondary N) is 2. The summed E-state index contributed by atoms with van der Waals surface area (Å²) in [5.41, 5.74) is 8.62. The van der Waals surface area contributed by atoms with Crippen LogP contribution in [0.3, 0.4) is 0 Å². The minimum absolute atomic E-state index is 0.00258. The van der Waals surface area contributed by atoms with E-state index in [0.717, 1.165) is 54.8 Å². The van der Waals surface area contributed by atoms with Crippen molar-refractivity contribution < 1.29 is 24.0 Å². The first-order valence-corrected chi connectivity index (χ1v) is 22.0. The molecule has 2 aliphatic heterocycles. The van der Waals surface area contributed by atoms with E-state index in [1.807, 2.05) is 91.8 Å². The van der Waals surface area contributed by atoms with E-state index in [0.29, 0.717) is 50.5 Å². The Morgan fingerprint density at radius 1 is 0.984 bits per heavy atom. The summed E-state index contributed by atoms with van der Waals surface area (Å²) >= 11 is 7.91. The lowest BCUT2D eigenvalue weighted by Gasteiger charge is -2.32. The second-order valence-corrected chi connectivity index (χ2v) is 17.5. The Balaban J connectivity index is 0.924. The van der Waals surface area contributed by atoms with E-state index in [4.69, 9.17) is 30.8 Å². The number of hydrogen-bond donors (Lipinski definition) is 3. The number of nitrogens with zero attached hydrogens (tertiary/aromatic N) is 9. The number of thiophene rings is 1. The molecule has 3 unspecified atom stereocenters. The zero-order valence-electron chi connectivity index (χ0n) is 36.3. The number of aliphatic imine (C=N–C) groups is 1. The number of aliphatic hydroxyl groups excluding tert-OH is 1. The predicted molar refractivity (Wildman–Crippen MR) is 246 cm³/mol. The summed E-state index contributed by atoms with van der Waals surface area (Å²) in [6.07, 6.45) is 2.13. The fraction of sp³-hybridized carbons (Fsp3) is 0.304. The van der Waals surface area contributed by atoms with Gasteiger partial charge in [-0.15, -0.1) is 21.5 Å². The summed E-state index contributed by atoms with van der Waals surface area (Å²) in [7, 11) is 1.60. The van der Waals surface area contributed by atoms with Gasteiger partial charge in [-0.3, -0.25) is 29.1 Å². The maximum Gasteiger partial charge on any atom is 0.239 e. The molecule has 2 amide bonds. The van der Waals surface area contributed by atoms with E-state index < -0.39 is 18.4 Å². The normalized spacial score (nSPS) is 15.9. The van der Waals surface area contributed by atoms with E-state index in [1.54, 1.807) is 35.7 Å². The maximum absolute atomic E-state index is 13.7. The average Bonchev–Trinajstić information content (AvgIpc) is 3.98. The number of ether oxygens (including phenoxy) is 1. The van der Waals surface area contributed by atoms with Crippen LogP contribution in [-0.4, -0.2) is 85.6 Å². The zero-order chi connectivity index (χ0) is 45.0. The third-order valence-corrected chi connectivity index (χ3v) is 13.3. The highest BCUT2D eigenvalue weighted by Gasteiger charge is 2.41. The molecule has 2 aliphatic rings. The van der Waals surface area contributed by atoms with Crippen LogP contribution < -0.4 is 25.2 Å². The van der Waals surface area contributed by atoms with E-state index in [2.05, 4.69) is 44.8 Å². The Morgan fingerprint density at radius 2 is 1.75 bits per heavy atom. The van der Waals surface area contributed by atoms with Crippen molar-refractivity contribution in [1.29, 1.82) is 0 Å². The summed E-state index contributed by atoms with van der Waals surface area (Å²) in [6.45, 7) is 11.8. The number of hydrogen-bond acceptors (Lipinski definition) is 14. The summed E-state index contributed by atoms with van der Waals surface area (Å²) in [4.78, 5) is 46.5. The first-order valence-electron chi connectivity index (χ1n) is 20.8. The molecule has 0 radical (unpaired) electrons. The molecule has 328 valence electrons. The number of rotatable bonds is 12. The number of fused-ring (bicyclic) bond motifs is 6. The average molecular weight is 900 g/mol. The molecule has 7 heterocycles. The lowest BCUT2D eigenvalue weighted by atomic mass is 9.99. The van der Waals surface area contributed by atoms with Crippen molar-refractivity contribution in [1.82, 2.24) is 40.5 Å². The van der Waals surface area contributed by atoms with E-state index in [-0.39, 0.29) is 37.9 Å². The first kappa shape index (κ1) is 42.6. The van der Waals surface area contributed by atoms with Gasteiger partial charge in [0.1, 0.15) is 34.9 Å². The van der Waals surface area contributed by atoms with Gasteiger partial charge in [-0.1, -0.05) is 35.0 Å². The van der Waals surface area contributed by atoms with Crippen LogP contribution in [-0.2, 0) is 9.59 Å². The van der Waals surface area contributed by atoms with Gasteiger partial charge in [-0.05, 0) is 83.5 Å². The topological polar surface area (TPSA) is 189 Å². The highest BCUT2D eigenvalue weighted by molar-refractivity contribution is 7.15. The molecular weight excluding hydrogens is 854 g/mol. The van der Waals surface area contributed by atoms with Crippen LogP contribution >= 0.6 is 22.9 Å². The Bertz CT molecular complexity index is 2950. The highest BCUT2D eigenvalue weighted by atomic mass is 35.5. The quantitative estimate of drug-likeness (QED) is 0.107. The van der Waals surface area contributed by atoms with Crippen molar-refractivity contribution in [2.24, 2.45) is 4.99 Å². The number of methoxy groups -OCH3 is 1. The second-order valence-electron chi connectivity index (χ2n) is 15.9. The fourth-order valence-electron chi connectivity index (χ4n) is 8.62. The van der Waals surface area contributed by atoms with Crippen molar-refractivity contribution in [3.63, 3.8) is 0 Å². The van der Waals surface area contributed by atoms with Gasteiger partial charge in [0.15, 0.2) is 5.82 Å². The number of carbonyl (C=O) groups is 2. The number of aliphatic hydroxyl groups is 1. The Kier molecular flexibility index (Phi) is 11.4. The van der Waals surface area contributed by atoms with Crippen LogP contribution in [0.2, 0.25) is 5.02 Å². The smallest absolute Gasteiger partial charge is 0.239 e. The van der Waals surface area contributed by atoms with Crippen LogP contribution in [0.1, 0.15) is 75.8 Å². The molecule has 9 rings (SSSR count). The standard InChI is InChI=1S/C46H46ClN11O5S/c1-23-27(5)64-45-40(23)42(29-11-13-30(47)14-12-29)52-35(44-54-53-28(6)58(44)45)20-38(59)49-16-17-50-39(60)22-56-36-21-51-34-18-32(41-24(2)55-63-26(41)4)37(62-7)19-31(34)43(36)57(46(56)61)25(3)33-10-8-9-15-48-33/h8-15,18-19,21,25,35,46,61H,16-17,20,22H2,1-7H3,(H,49,59)(H,50,60). The van der Waals surface area contributed by atoms with E-state index in [1.165, 1.54) is 0 Å². The minimum Gasteiger partial charge on any atom is -0.496 e. The van der Waals surface area contributed by atoms with Gasteiger partial charge in [-0.2, -0.15) is 0 Å². The number of pyridine rings is 2. The molecule has 0 aliphatic carbocycles. The SMILES string of the molecule is COc1cc2c3c(cnc2cc1-c1c(C)noc1C)N(CC(=O)NCCNC(=O)CC1N=C(c2ccc(Cl)cc2)c2c(sc(C)c2C)-n2c(C)nnc21)C(O)N3C(C)c1ccccn1. The van der Waals surface area contributed by atoms with Crippen molar-refractivity contribution in [3.05, 3.63) is 122 Å². The van der Waals surface area contributed by atoms with Crippen LogP contribution in [0.4, 0.5) is 11.4 Å². The monoisotopic (exact) mass is 899 g/mol. The Morgan fingerprint density at radius 3 is 2.45 bits per heavy atom. The first-order chi connectivity index (χ1) is 30.8. The molecule has 0 bridgehead atoms. The van der Waals surface area contributed by atoms with Crippen LogP contribution in [0.5, 0.6) is 5.75 Å². The van der Waals surface area contributed by atoms with Gasteiger partial charge in [0, 0.05) is 51.3 Å². The van der Waals surface area contributed by atoms with Crippen molar-refractivity contribution in [2.75, 3.05) is 36.5 Å². The molecule has 0 fully saturated rings. The molecule has 0 saturated carbocycles. The second kappa shape index (κ2) is 17.1. The van der Waals surface area contributed by atoms with Gasteiger partial charge in [0.05, 0.1) is 65.3 Å². The molecule has 0 spiro atoms. The van der Waals surface area contributed by atoms with Crippen LogP contribution in [0, 0.1) is 34.6 Å².